The monoisotopic (exact) mass is 645 g/mol. The molecule has 12 heteroatoms. The lowest BCUT2D eigenvalue weighted by atomic mass is 9.73. The molecule has 0 spiro atoms. The number of hydrogen-bond acceptors (Lipinski definition) is 8. The predicted molar refractivity (Wildman–Crippen MR) is 165 cm³/mol. The maximum Gasteiger partial charge on any atom is 0.348 e. The molecule has 0 aromatic heterocycles. The minimum atomic E-state index is -3.96. The summed E-state index contributed by atoms with van der Waals surface area (Å²) in [5, 5.41) is 53.9. The van der Waals surface area contributed by atoms with Crippen LogP contribution in [0.2, 0.25) is 10.0 Å². The van der Waals surface area contributed by atoms with Crippen molar-refractivity contribution in [2.45, 2.75) is 37.0 Å². The van der Waals surface area contributed by atoms with Crippen LogP contribution in [0.3, 0.4) is 0 Å². The lowest BCUT2D eigenvalue weighted by Crippen LogP contribution is -2.71. The number of carboxylic acids is 2. The Morgan fingerprint density at radius 2 is 1.18 bits per heavy atom. The highest BCUT2D eigenvalue weighted by Gasteiger charge is 2.69. The number of Topliss-reactive ketones (excluding diaryl/α,β-unsaturated/α-hetero) is 2. The van der Waals surface area contributed by atoms with Gasteiger partial charge < -0.3 is 30.8 Å². The van der Waals surface area contributed by atoms with Gasteiger partial charge in [-0.3, -0.25) is 9.59 Å². The molecule has 0 bridgehead atoms. The van der Waals surface area contributed by atoms with Crippen molar-refractivity contribution in [3.05, 3.63) is 117 Å². The summed E-state index contributed by atoms with van der Waals surface area (Å²) in [6, 6.07) is 15.7. The largest absolute Gasteiger partial charge is 0.479 e. The van der Waals surface area contributed by atoms with E-state index >= 15 is 0 Å². The van der Waals surface area contributed by atoms with Crippen molar-refractivity contribution in [1.82, 2.24) is 5.32 Å². The number of rotatable bonds is 12. The summed E-state index contributed by atoms with van der Waals surface area (Å²) < 4.78 is 0. The zero-order valence-corrected chi connectivity index (χ0v) is 25.7. The number of aliphatic hydroxyl groups is 3. The van der Waals surface area contributed by atoms with Gasteiger partial charge in [-0.2, -0.15) is 0 Å². The third-order valence-corrected chi connectivity index (χ3v) is 7.88. The van der Waals surface area contributed by atoms with E-state index in [1.54, 1.807) is 39.1 Å². The number of halogens is 2. The molecular formula is C32H33Cl2NO9. The summed E-state index contributed by atoms with van der Waals surface area (Å²) in [4.78, 5) is 49.1. The SMILES string of the molecule is C=CCC(CO)(NC)c1ccc(Cl)c(Cl)c1.Cc1ccc(C(=O)[C@@](O)(C(=O)O)[C@](O)(C(=O)O)C(=O)c2ccc(C)cc2)cc1. The lowest BCUT2D eigenvalue weighted by Gasteiger charge is -2.34. The Morgan fingerprint density at radius 1 is 0.773 bits per heavy atom. The predicted octanol–water partition coefficient (Wildman–Crippen LogP) is 3.98. The standard InChI is InChI=1S/C20H18O8.C12H15Cl2NO/c1-11-3-7-13(8-4-11)15(21)19(27,17(23)24)20(28,18(25)26)16(22)14-9-5-12(2)6-10-14;1-3-6-12(8-16,15-2)9-4-5-10(13)11(14)7-9/h3-10,27-28H,1-2H3,(H,23,24)(H,25,26);3-5,7,15-16H,1,6,8H2,2H3/t19-,20-;/m1./s1. The zero-order valence-electron chi connectivity index (χ0n) is 24.2. The fourth-order valence-electron chi connectivity index (χ4n) is 4.30. The zero-order chi connectivity index (χ0) is 33.5. The third kappa shape index (κ3) is 7.07. The molecule has 44 heavy (non-hydrogen) atoms. The van der Waals surface area contributed by atoms with E-state index in [0.717, 1.165) is 29.8 Å². The second-order valence-electron chi connectivity index (χ2n) is 10.0. The van der Waals surface area contributed by atoms with Crippen molar-refractivity contribution in [1.29, 1.82) is 0 Å². The average Bonchev–Trinajstić information content (AvgIpc) is 3.00. The van der Waals surface area contributed by atoms with Gasteiger partial charge in [0.2, 0.25) is 11.6 Å². The summed E-state index contributed by atoms with van der Waals surface area (Å²) in [7, 11) is 1.79. The van der Waals surface area contributed by atoms with Gasteiger partial charge in [-0.05, 0) is 45.0 Å². The number of likely N-dealkylation sites (N-methyl/N-ethyl adjacent to an activating group) is 1. The van der Waals surface area contributed by atoms with E-state index in [-0.39, 0.29) is 17.7 Å². The number of carbonyl (C=O) groups is 4. The maximum atomic E-state index is 12.8. The minimum Gasteiger partial charge on any atom is -0.479 e. The van der Waals surface area contributed by atoms with Gasteiger partial charge in [-0.15, -0.1) is 6.58 Å². The topological polar surface area (TPSA) is 181 Å². The summed E-state index contributed by atoms with van der Waals surface area (Å²) in [5.41, 5.74) is -6.92. The normalized spacial score (nSPS) is 14.9. The van der Waals surface area contributed by atoms with Gasteiger partial charge in [0.05, 0.1) is 22.2 Å². The van der Waals surface area contributed by atoms with Crippen LogP contribution in [0, 0.1) is 13.8 Å². The van der Waals surface area contributed by atoms with Crippen LogP contribution in [0.4, 0.5) is 0 Å². The minimum absolute atomic E-state index is 0.0342. The number of ketones is 2. The molecule has 3 aromatic carbocycles. The molecule has 0 aliphatic heterocycles. The van der Waals surface area contributed by atoms with Crippen LogP contribution in [0.25, 0.3) is 0 Å². The second-order valence-corrected chi connectivity index (χ2v) is 10.8. The first-order chi connectivity index (χ1) is 20.5. The summed E-state index contributed by atoms with van der Waals surface area (Å²) in [5.74, 6) is -8.01. The number of benzene rings is 3. The van der Waals surface area contributed by atoms with Gasteiger partial charge in [0, 0.05) is 11.1 Å². The maximum absolute atomic E-state index is 12.8. The van der Waals surface area contributed by atoms with E-state index < -0.39 is 40.2 Å². The fraction of sp³-hybridized carbons (Fsp3) is 0.250. The molecule has 3 aromatic rings. The number of carboxylic acid groups (broad SMARTS) is 2. The van der Waals surface area contributed by atoms with Crippen LogP contribution in [-0.4, -0.2) is 73.9 Å². The molecule has 234 valence electrons. The van der Waals surface area contributed by atoms with Crippen molar-refractivity contribution in [2.24, 2.45) is 0 Å². The van der Waals surface area contributed by atoms with Crippen LogP contribution >= 0.6 is 23.2 Å². The fourth-order valence-corrected chi connectivity index (χ4v) is 4.60. The lowest BCUT2D eigenvalue weighted by molar-refractivity contribution is -0.187. The van der Waals surface area contributed by atoms with Gasteiger partial charge >= 0.3 is 11.9 Å². The van der Waals surface area contributed by atoms with Gasteiger partial charge in [0.25, 0.3) is 11.2 Å². The van der Waals surface area contributed by atoms with Crippen molar-refractivity contribution in [3.63, 3.8) is 0 Å². The summed E-state index contributed by atoms with van der Waals surface area (Å²) in [6.45, 7) is 7.04. The first kappa shape index (κ1) is 36.3. The number of carbonyl (C=O) groups excluding carboxylic acids is 2. The molecule has 0 saturated heterocycles. The molecule has 6 N–H and O–H groups in total. The average molecular weight is 647 g/mol. The van der Waals surface area contributed by atoms with Gasteiger partial charge in [-0.25, -0.2) is 9.59 Å². The summed E-state index contributed by atoms with van der Waals surface area (Å²) >= 11 is 11.8. The molecule has 0 heterocycles. The quantitative estimate of drug-likeness (QED) is 0.0957. The number of hydrogen-bond donors (Lipinski definition) is 6. The molecule has 0 amide bonds. The van der Waals surface area contributed by atoms with E-state index in [1.165, 1.54) is 24.3 Å². The third-order valence-electron chi connectivity index (χ3n) is 7.14. The van der Waals surface area contributed by atoms with E-state index in [0.29, 0.717) is 27.6 Å². The molecule has 3 atom stereocenters. The Kier molecular flexibility index (Phi) is 12.1. The molecule has 0 aliphatic rings. The van der Waals surface area contributed by atoms with E-state index in [4.69, 9.17) is 23.2 Å². The highest BCUT2D eigenvalue weighted by atomic mass is 35.5. The van der Waals surface area contributed by atoms with E-state index in [9.17, 15) is 44.7 Å². The van der Waals surface area contributed by atoms with Crippen LogP contribution in [0.5, 0.6) is 0 Å². The Morgan fingerprint density at radius 3 is 1.48 bits per heavy atom. The Hall–Kier alpha value is -3.90. The van der Waals surface area contributed by atoms with Crippen molar-refractivity contribution in [2.75, 3.05) is 13.7 Å². The van der Waals surface area contributed by atoms with Crippen LogP contribution in [0.15, 0.2) is 79.4 Å². The number of nitrogens with one attached hydrogen (secondary N) is 1. The number of aliphatic hydroxyl groups excluding tert-OH is 1. The molecular weight excluding hydrogens is 613 g/mol. The van der Waals surface area contributed by atoms with Crippen LogP contribution in [0.1, 0.15) is 43.8 Å². The molecule has 1 unspecified atom stereocenters. The van der Waals surface area contributed by atoms with Gasteiger partial charge in [-0.1, -0.05) is 95.0 Å². The summed E-state index contributed by atoms with van der Waals surface area (Å²) in [6.07, 6.45) is 2.37. The molecule has 0 fully saturated rings. The second kappa shape index (κ2) is 14.7. The Bertz CT molecular complexity index is 1460. The van der Waals surface area contributed by atoms with Gasteiger partial charge in [0.15, 0.2) is 0 Å². The van der Waals surface area contributed by atoms with Crippen LogP contribution < -0.4 is 5.32 Å². The van der Waals surface area contributed by atoms with Crippen molar-refractivity contribution in [3.8, 4) is 0 Å². The molecule has 0 aliphatic carbocycles. The Balaban J connectivity index is 0.000000358. The number of aryl methyl sites for hydroxylation is 2. The van der Waals surface area contributed by atoms with Gasteiger partial charge in [0.1, 0.15) is 0 Å². The van der Waals surface area contributed by atoms with Crippen molar-refractivity contribution >= 4 is 46.7 Å². The highest BCUT2D eigenvalue weighted by Crippen LogP contribution is 2.33. The van der Waals surface area contributed by atoms with E-state index in [2.05, 4.69) is 11.9 Å². The molecule has 10 nitrogen and oxygen atoms in total. The Labute approximate surface area is 264 Å². The highest BCUT2D eigenvalue weighted by molar-refractivity contribution is 6.42. The van der Waals surface area contributed by atoms with E-state index in [1.807, 2.05) is 6.07 Å². The first-order valence-corrected chi connectivity index (χ1v) is 13.8. The smallest absolute Gasteiger partial charge is 0.348 e. The number of aliphatic carboxylic acids is 2. The molecule has 3 rings (SSSR count). The molecule has 0 saturated carbocycles. The van der Waals surface area contributed by atoms with Crippen molar-refractivity contribution < 1.29 is 44.7 Å². The first-order valence-electron chi connectivity index (χ1n) is 13.1. The molecule has 0 radical (unpaired) electrons. The van der Waals surface area contributed by atoms with Crippen LogP contribution in [-0.2, 0) is 15.1 Å².